The van der Waals surface area contributed by atoms with Crippen molar-refractivity contribution in [2.45, 2.75) is 13.1 Å². The molecule has 32 heavy (non-hydrogen) atoms. The van der Waals surface area contributed by atoms with E-state index in [1.54, 1.807) is 6.07 Å². The lowest BCUT2D eigenvalue weighted by Crippen LogP contribution is -2.12. The largest absolute Gasteiger partial charge is 0.454 e. The van der Waals surface area contributed by atoms with Gasteiger partial charge in [0.05, 0.1) is 17.8 Å². The Hall–Kier alpha value is -3.58. The summed E-state index contributed by atoms with van der Waals surface area (Å²) < 4.78 is 21.6. The highest BCUT2D eigenvalue weighted by Gasteiger charge is 2.20. The highest BCUT2D eigenvalue weighted by atomic mass is 79.9. The van der Waals surface area contributed by atoms with Crippen molar-refractivity contribution in [2.24, 2.45) is 0 Å². The van der Waals surface area contributed by atoms with Crippen molar-refractivity contribution >= 4 is 45.2 Å². The summed E-state index contributed by atoms with van der Waals surface area (Å²) in [7, 11) is 0. The van der Waals surface area contributed by atoms with Crippen molar-refractivity contribution in [1.82, 2.24) is 24.5 Å². The molecule has 1 aromatic carbocycles. The van der Waals surface area contributed by atoms with Gasteiger partial charge in [-0.2, -0.15) is 4.68 Å². The van der Waals surface area contributed by atoms with Crippen LogP contribution in [0.1, 0.15) is 21.9 Å². The van der Waals surface area contributed by atoms with Crippen LogP contribution in [0, 0.1) is 15.9 Å². The van der Waals surface area contributed by atoms with Gasteiger partial charge in [0.1, 0.15) is 28.9 Å². The van der Waals surface area contributed by atoms with E-state index in [0.29, 0.717) is 11.3 Å². The van der Waals surface area contributed by atoms with Gasteiger partial charge in [-0.25, -0.2) is 14.1 Å². The zero-order chi connectivity index (χ0) is 22.8. The van der Waals surface area contributed by atoms with E-state index < -0.39 is 16.6 Å². The number of anilines is 1. The molecule has 0 saturated heterocycles. The number of rotatable bonds is 7. The first kappa shape index (κ1) is 21.6. The van der Waals surface area contributed by atoms with E-state index in [1.807, 2.05) is 0 Å². The second-order valence-corrected chi connectivity index (χ2v) is 7.74. The maximum atomic E-state index is 13.2. The average Bonchev–Trinajstić information content (AvgIpc) is 3.45. The third-order valence-electron chi connectivity index (χ3n) is 4.18. The molecule has 1 amide bonds. The molecule has 0 aliphatic rings. The fourth-order valence-electron chi connectivity index (χ4n) is 2.75. The molecule has 164 valence electrons. The van der Waals surface area contributed by atoms with E-state index in [0.717, 1.165) is 0 Å². The predicted octanol–water partition coefficient (Wildman–Crippen LogP) is 3.88. The summed E-state index contributed by atoms with van der Waals surface area (Å²) in [5, 5.41) is 21.6. The smallest absolute Gasteiger partial charge is 0.404 e. The second-order valence-electron chi connectivity index (χ2n) is 6.48. The van der Waals surface area contributed by atoms with E-state index in [4.69, 9.17) is 16.0 Å². The molecule has 0 bridgehead atoms. The zero-order valence-corrected chi connectivity index (χ0v) is 18.2. The molecule has 0 saturated carbocycles. The first-order valence-electron chi connectivity index (χ1n) is 8.89. The maximum absolute atomic E-state index is 13.2. The quantitative estimate of drug-likeness (QED) is 0.286. The van der Waals surface area contributed by atoms with Crippen LogP contribution in [0.4, 0.5) is 16.2 Å². The molecular weight excluding hydrogens is 513 g/mol. The summed E-state index contributed by atoms with van der Waals surface area (Å²) in [4.78, 5) is 26.7. The van der Waals surface area contributed by atoms with Crippen LogP contribution in [0.15, 0.2) is 51.7 Å². The number of aromatic nitrogens is 5. The summed E-state index contributed by atoms with van der Waals surface area (Å²) >= 11 is 9.08. The first-order chi connectivity index (χ1) is 15.3. The van der Waals surface area contributed by atoms with Gasteiger partial charge < -0.3 is 14.5 Å². The third kappa shape index (κ3) is 4.84. The second kappa shape index (κ2) is 8.88. The normalized spacial score (nSPS) is 11.0. The summed E-state index contributed by atoms with van der Waals surface area (Å²) in [6, 6.07) is 7.03. The van der Waals surface area contributed by atoms with Gasteiger partial charge in [-0.05, 0) is 50.7 Å². The van der Waals surface area contributed by atoms with Crippen molar-refractivity contribution in [3.63, 3.8) is 0 Å². The summed E-state index contributed by atoms with van der Waals surface area (Å²) in [6.45, 7) is 0.323. The highest BCUT2D eigenvalue weighted by molar-refractivity contribution is 9.10. The van der Waals surface area contributed by atoms with Crippen molar-refractivity contribution < 1.29 is 18.5 Å². The number of amides is 1. The molecular formula is C18H12BrClFN7O4. The van der Waals surface area contributed by atoms with E-state index in [9.17, 15) is 19.3 Å². The molecule has 3 aromatic heterocycles. The molecule has 0 aliphatic heterocycles. The minimum absolute atomic E-state index is 0.00125. The van der Waals surface area contributed by atoms with Crippen LogP contribution >= 0.6 is 27.5 Å². The molecule has 0 aliphatic carbocycles. The Morgan fingerprint density at radius 1 is 1.25 bits per heavy atom. The van der Waals surface area contributed by atoms with Gasteiger partial charge in [0.25, 0.3) is 5.91 Å². The molecule has 4 rings (SSSR count). The van der Waals surface area contributed by atoms with Gasteiger partial charge in [-0.1, -0.05) is 17.7 Å². The number of halogens is 3. The lowest BCUT2D eigenvalue weighted by Gasteiger charge is -2.04. The van der Waals surface area contributed by atoms with Gasteiger partial charge in [0.15, 0.2) is 5.76 Å². The highest BCUT2D eigenvalue weighted by Crippen LogP contribution is 2.23. The number of hydrogen-bond acceptors (Lipinski definition) is 7. The number of nitrogens with zero attached hydrogens (tertiary/aromatic N) is 6. The molecule has 0 spiro atoms. The Labute approximate surface area is 192 Å². The maximum Gasteiger partial charge on any atom is 0.404 e. The van der Waals surface area contributed by atoms with Crippen molar-refractivity contribution in [3.8, 4) is 0 Å². The van der Waals surface area contributed by atoms with E-state index in [1.165, 1.54) is 46.2 Å². The van der Waals surface area contributed by atoms with E-state index >= 15 is 0 Å². The van der Waals surface area contributed by atoms with Gasteiger partial charge in [0.2, 0.25) is 5.95 Å². The zero-order valence-electron chi connectivity index (χ0n) is 15.9. The summed E-state index contributed by atoms with van der Waals surface area (Å²) in [5.41, 5.74) is 0.636. The van der Waals surface area contributed by atoms with Crippen LogP contribution in [-0.2, 0) is 13.1 Å². The van der Waals surface area contributed by atoms with Gasteiger partial charge >= 0.3 is 5.82 Å². The molecule has 1 N–H and O–H groups in total. The van der Waals surface area contributed by atoms with Crippen molar-refractivity contribution in [2.75, 3.05) is 5.32 Å². The number of carbonyl (C=O) groups is 1. The van der Waals surface area contributed by atoms with Crippen LogP contribution < -0.4 is 5.32 Å². The van der Waals surface area contributed by atoms with Gasteiger partial charge in [-0.3, -0.25) is 10.1 Å². The fourth-order valence-corrected chi connectivity index (χ4v) is 3.44. The Morgan fingerprint density at radius 3 is 2.78 bits per heavy atom. The van der Waals surface area contributed by atoms with Gasteiger partial charge in [0, 0.05) is 5.02 Å². The SMILES string of the molecule is O=C(Nc1ncn(Cc2ccc(F)cc2Cl)n1)c1ccc(Cn2cc(Br)c([N+](=O)[O-])n2)o1. The van der Waals surface area contributed by atoms with Gasteiger partial charge in [-0.15, -0.1) is 5.10 Å². The average molecular weight is 525 g/mol. The summed E-state index contributed by atoms with van der Waals surface area (Å²) in [5.74, 6) is -0.943. The van der Waals surface area contributed by atoms with E-state index in [-0.39, 0.29) is 40.1 Å². The summed E-state index contributed by atoms with van der Waals surface area (Å²) in [6.07, 6.45) is 2.83. The Morgan fingerprint density at radius 2 is 2.06 bits per heavy atom. The predicted molar refractivity (Wildman–Crippen MR) is 113 cm³/mol. The number of furan rings is 1. The van der Waals surface area contributed by atoms with Crippen LogP contribution in [0.5, 0.6) is 0 Å². The number of nitro groups is 1. The molecule has 0 fully saturated rings. The minimum atomic E-state index is -0.613. The van der Waals surface area contributed by atoms with Crippen molar-refractivity contribution in [1.29, 1.82) is 0 Å². The Kier molecular flexibility index (Phi) is 6.01. The molecule has 0 radical (unpaired) electrons. The minimum Gasteiger partial charge on any atom is -0.454 e. The molecule has 3 heterocycles. The van der Waals surface area contributed by atoms with Crippen LogP contribution in [-0.4, -0.2) is 35.4 Å². The van der Waals surface area contributed by atoms with Crippen LogP contribution in [0.2, 0.25) is 5.02 Å². The molecule has 11 nitrogen and oxygen atoms in total. The number of benzene rings is 1. The topological polar surface area (TPSA) is 134 Å². The Bertz CT molecular complexity index is 1320. The Balaban J connectivity index is 1.39. The third-order valence-corrected chi connectivity index (χ3v) is 5.10. The number of nitrogens with one attached hydrogen (secondary N) is 1. The lowest BCUT2D eigenvalue weighted by atomic mass is 10.2. The first-order valence-corrected chi connectivity index (χ1v) is 10.1. The van der Waals surface area contributed by atoms with Crippen LogP contribution in [0.25, 0.3) is 0 Å². The monoisotopic (exact) mass is 523 g/mol. The molecule has 4 aromatic rings. The molecule has 14 heteroatoms. The molecule has 0 atom stereocenters. The molecule has 0 unspecified atom stereocenters. The van der Waals surface area contributed by atoms with Crippen LogP contribution in [0.3, 0.4) is 0 Å². The number of hydrogen-bond donors (Lipinski definition) is 1. The standard InChI is InChI=1S/C18H12BrClFN7O4/c19-13-8-26(24-16(13)28(30)31)7-12-3-4-15(32-12)17(29)23-18-22-9-27(25-18)6-10-1-2-11(21)5-14(10)20/h1-5,8-9H,6-7H2,(H,23,25,29). The van der Waals surface area contributed by atoms with Crippen molar-refractivity contribution in [3.05, 3.63) is 85.4 Å². The fraction of sp³-hybridized carbons (Fsp3) is 0.111. The lowest BCUT2D eigenvalue weighted by molar-refractivity contribution is -0.390. The van der Waals surface area contributed by atoms with E-state index in [2.05, 4.69) is 36.4 Å². The number of carbonyl (C=O) groups excluding carboxylic acids is 1.